The Hall–Kier alpha value is -0.930. The lowest BCUT2D eigenvalue weighted by atomic mass is 9.89. The highest BCUT2D eigenvalue weighted by atomic mass is 19.1. The quantitative estimate of drug-likeness (QED) is 0.855. The van der Waals surface area contributed by atoms with Crippen molar-refractivity contribution in [3.63, 3.8) is 0 Å². The Bertz CT molecular complexity index is 359. The Labute approximate surface area is 96.1 Å². The molecule has 90 valence electrons. The zero-order valence-electron chi connectivity index (χ0n) is 10.2. The van der Waals surface area contributed by atoms with Gasteiger partial charge in [0.25, 0.3) is 0 Å². The van der Waals surface area contributed by atoms with E-state index in [0.29, 0.717) is 12.0 Å². The van der Waals surface area contributed by atoms with Gasteiger partial charge in [-0.3, -0.25) is 0 Å². The molecule has 0 aliphatic rings. The molecule has 0 heterocycles. The van der Waals surface area contributed by atoms with Gasteiger partial charge in [0.15, 0.2) is 0 Å². The van der Waals surface area contributed by atoms with Gasteiger partial charge in [0, 0.05) is 12.7 Å². The Morgan fingerprint density at radius 1 is 1.50 bits per heavy atom. The number of methoxy groups -OCH3 is 1. The average molecular weight is 226 g/mol. The lowest BCUT2D eigenvalue weighted by Gasteiger charge is -2.32. The van der Waals surface area contributed by atoms with E-state index in [0.717, 1.165) is 5.56 Å². The first-order valence-corrected chi connectivity index (χ1v) is 5.44. The molecule has 0 aliphatic heterocycles. The molecule has 1 N–H and O–H groups in total. The van der Waals surface area contributed by atoms with Crippen LogP contribution in [0.4, 0.5) is 4.39 Å². The van der Waals surface area contributed by atoms with Gasteiger partial charge < -0.3 is 9.84 Å². The van der Waals surface area contributed by atoms with Gasteiger partial charge in [-0.25, -0.2) is 4.39 Å². The van der Waals surface area contributed by atoms with E-state index in [1.165, 1.54) is 13.2 Å². The molecule has 1 aromatic carbocycles. The summed E-state index contributed by atoms with van der Waals surface area (Å²) in [7, 11) is 1.53. The third-order valence-corrected chi connectivity index (χ3v) is 3.19. The molecule has 0 radical (unpaired) electrons. The maximum Gasteiger partial charge on any atom is 0.129 e. The first-order chi connectivity index (χ1) is 7.44. The van der Waals surface area contributed by atoms with Crippen LogP contribution < -0.4 is 0 Å². The molecule has 0 saturated carbocycles. The van der Waals surface area contributed by atoms with E-state index in [4.69, 9.17) is 4.74 Å². The van der Waals surface area contributed by atoms with Crippen molar-refractivity contribution in [3.8, 4) is 0 Å². The zero-order chi connectivity index (χ0) is 12.3. The Balaban J connectivity index is 3.12. The van der Waals surface area contributed by atoms with Crippen LogP contribution in [0.2, 0.25) is 0 Å². The maximum atomic E-state index is 13.6. The molecule has 0 spiro atoms. The predicted molar refractivity (Wildman–Crippen MR) is 61.8 cm³/mol. The number of halogens is 1. The van der Waals surface area contributed by atoms with Crippen LogP contribution in [0, 0.1) is 12.7 Å². The third kappa shape index (κ3) is 2.42. The second-order valence-electron chi connectivity index (χ2n) is 4.30. The molecule has 1 rings (SSSR count). The molecule has 3 heteroatoms. The normalized spacial score (nSPS) is 16.9. The van der Waals surface area contributed by atoms with Crippen LogP contribution in [0.1, 0.15) is 37.5 Å². The van der Waals surface area contributed by atoms with Crippen LogP contribution in [-0.2, 0) is 4.74 Å². The molecule has 0 amide bonds. The Morgan fingerprint density at radius 3 is 2.62 bits per heavy atom. The lowest BCUT2D eigenvalue weighted by Crippen LogP contribution is -2.35. The highest BCUT2D eigenvalue weighted by molar-refractivity contribution is 5.27. The number of ether oxygens (including phenoxy) is 1. The molecular weight excluding hydrogens is 207 g/mol. The summed E-state index contributed by atoms with van der Waals surface area (Å²) in [6, 6.07) is 4.72. The van der Waals surface area contributed by atoms with Crippen LogP contribution in [0.5, 0.6) is 0 Å². The number of hydrogen-bond donors (Lipinski definition) is 1. The minimum absolute atomic E-state index is 0.297. The van der Waals surface area contributed by atoms with Crippen LogP contribution in [0.25, 0.3) is 0 Å². The van der Waals surface area contributed by atoms with Crippen molar-refractivity contribution in [2.24, 2.45) is 0 Å². The van der Waals surface area contributed by atoms with E-state index < -0.39 is 17.5 Å². The van der Waals surface area contributed by atoms with E-state index in [-0.39, 0.29) is 0 Å². The topological polar surface area (TPSA) is 29.5 Å². The largest absolute Gasteiger partial charge is 0.385 e. The molecule has 1 aromatic rings. The summed E-state index contributed by atoms with van der Waals surface area (Å²) in [5.74, 6) is -0.394. The van der Waals surface area contributed by atoms with E-state index >= 15 is 0 Å². The van der Waals surface area contributed by atoms with Crippen LogP contribution in [0.3, 0.4) is 0 Å². The number of benzene rings is 1. The molecular formula is C13H19FO2. The van der Waals surface area contributed by atoms with Crippen molar-refractivity contribution in [1.29, 1.82) is 0 Å². The lowest BCUT2D eigenvalue weighted by molar-refractivity contribution is -0.0955. The summed E-state index contributed by atoms with van der Waals surface area (Å²) in [6.07, 6.45) is -0.347. The minimum Gasteiger partial charge on any atom is -0.385 e. The molecule has 2 atom stereocenters. The van der Waals surface area contributed by atoms with Gasteiger partial charge in [-0.2, -0.15) is 0 Å². The van der Waals surface area contributed by atoms with Gasteiger partial charge in [-0.05, 0) is 26.3 Å². The fourth-order valence-corrected chi connectivity index (χ4v) is 1.65. The Kier molecular flexibility index (Phi) is 4.05. The first-order valence-electron chi connectivity index (χ1n) is 5.44. The van der Waals surface area contributed by atoms with Crippen molar-refractivity contribution in [3.05, 3.63) is 35.1 Å². The summed E-state index contributed by atoms with van der Waals surface area (Å²) in [6.45, 7) is 5.55. The highest BCUT2D eigenvalue weighted by Crippen LogP contribution is 2.33. The van der Waals surface area contributed by atoms with Gasteiger partial charge in [-0.15, -0.1) is 0 Å². The summed E-state index contributed by atoms with van der Waals surface area (Å²) in [5.41, 5.74) is 0.463. The monoisotopic (exact) mass is 226 g/mol. The van der Waals surface area contributed by atoms with Crippen LogP contribution in [-0.4, -0.2) is 17.8 Å². The summed E-state index contributed by atoms with van der Waals surface area (Å²) in [5, 5.41) is 10.2. The fourth-order valence-electron chi connectivity index (χ4n) is 1.65. The summed E-state index contributed by atoms with van der Waals surface area (Å²) in [4.78, 5) is 0. The van der Waals surface area contributed by atoms with Gasteiger partial charge in [0.2, 0.25) is 0 Å². The number of aliphatic hydroxyl groups excluding tert-OH is 1. The smallest absolute Gasteiger partial charge is 0.129 e. The summed E-state index contributed by atoms with van der Waals surface area (Å²) >= 11 is 0. The minimum atomic E-state index is -0.956. The molecule has 0 aliphatic carbocycles. The second-order valence-corrected chi connectivity index (χ2v) is 4.30. The van der Waals surface area contributed by atoms with Crippen molar-refractivity contribution in [2.45, 2.75) is 38.9 Å². The number of hydrogen-bond acceptors (Lipinski definition) is 2. The van der Waals surface area contributed by atoms with Gasteiger partial charge >= 0.3 is 0 Å². The van der Waals surface area contributed by atoms with Crippen molar-refractivity contribution in [2.75, 3.05) is 7.11 Å². The second kappa shape index (κ2) is 4.93. The van der Waals surface area contributed by atoms with Crippen LogP contribution in [0.15, 0.2) is 18.2 Å². The molecule has 2 nitrogen and oxygen atoms in total. The third-order valence-electron chi connectivity index (χ3n) is 3.19. The number of aryl methyl sites for hydroxylation is 1. The molecule has 0 fully saturated rings. The van der Waals surface area contributed by atoms with E-state index in [9.17, 15) is 9.50 Å². The molecule has 0 bridgehead atoms. The van der Waals surface area contributed by atoms with Gasteiger partial charge in [0.1, 0.15) is 11.9 Å². The summed E-state index contributed by atoms with van der Waals surface area (Å²) < 4.78 is 18.9. The van der Waals surface area contributed by atoms with Gasteiger partial charge in [-0.1, -0.05) is 24.6 Å². The fraction of sp³-hybridized carbons (Fsp3) is 0.538. The molecule has 0 aromatic heterocycles. The van der Waals surface area contributed by atoms with Crippen molar-refractivity contribution < 1.29 is 14.2 Å². The molecule has 16 heavy (non-hydrogen) atoms. The van der Waals surface area contributed by atoms with Crippen LogP contribution >= 0.6 is 0 Å². The standard InChI is InChI=1S/C13H19FO2/c1-5-13(3,16-4)12(15)10-8-9(2)6-7-11(10)14/h6-8,12,15H,5H2,1-4H3. The highest BCUT2D eigenvalue weighted by Gasteiger charge is 2.33. The first kappa shape index (κ1) is 13.1. The SMILES string of the molecule is CCC(C)(OC)C(O)c1cc(C)ccc1F. The van der Waals surface area contributed by atoms with E-state index in [2.05, 4.69) is 0 Å². The molecule has 0 saturated heterocycles. The van der Waals surface area contributed by atoms with Crippen molar-refractivity contribution >= 4 is 0 Å². The van der Waals surface area contributed by atoms with E-state index in [1.54, 1.807) is 19.1 Å². The maximum absolute atomic E-state index is 13.6. The van der Waals surface area contributed by atoms with E-state index in [1.807, 2.05) is 13.8 Å². The van der Waals surface area contributed by atoms with Gasteiger partial charge in [0.05, 0.1) is 5.60 Å². The predicted octanol–water partition coefficient (Wildman–Crippen LogP) is 2.98. The Morgan fingerprint density at radius 2 is 2.12 bits per heavy atom. The molecule has 2 unspecified atom stereocenters. The average Bonchev–Trinajstić information content (AvgIpc) is 2.30. The van der Waals surface area contributed by atoms with Crippen molar-refractivity contribution in [1.82, 2.24) is 0 Å². The zero-order valence-corrected chi connectivity index (χ0v) is 10.2. The number of rotatable bonds is 4. The number of aliphatic hydroxyl groups is 1.